The molecule has 1 amide bonds. The topological polar surface area (TPSA) is 87.7 Å². The Morgan fingerprint density at radius 2 is 1.82 bits per heavy atom. The maximum absolute atomic E-state index is 15.6. The van der Waals surface area contributed by atoms with Gasteiger partial charge in [0.25, 0.3) is 5.91 Å². The van der Waals surface area contributed by atoms with E-state index in [9.17, 15) is 19.1 Å². The van der Waals surface area contributed by atoms with E-state index in [2.05, 4.69) is 10.6 Å². The molecule has 8 heteroatoms. The molecule has 1 saturated heterocycles. The van der Waals surface area contributed by atoms with E-state index in [1.807, 2.05) is 6.07 Å². The maximum atomic E-state index is 15.6. The monoisotopic (exact) mass is 538 g/mol. The largest absolute Gasteiger partial charge is 0.490 e. The number of hydrogen-bond donors (Lipinski definition) is 3. The molecule has 6 rings (SSSR count). The van der Waals surface area contributed by atoms with E-state index < -0.39 is 17.5 Å². The van der Waals surface area contributed by atoms with Gasteiger partial charge in [-0.3, -0.25) is 4.79 Å². The molecule has 0 unspecified atom stereocenters. The zero-order valence-corrected chi connectivity index (χ0v) is 22.1. The van der Waals surface area contributed by atoms with Crippen LogP contribution in [0.15, 0.2) is 36.4 Å². The van der Waals surface area contributed by atoms with E-state index >= 15 is 4.39 Å². The molecule has 0 radical (unpaired) electrons. The Kier molecular flexibility index (Phi) is 6.86. The number of carbonyl (C=O) groups excluding carboxylic acids is 1. The van der Waals surface area contributed by atoms with Gasteiger partial charge in [-0.2, -0.15) is 0 Å². The highest BCUT2D eigenvalue weighted by Crippen LogP contribution is 2.45. The fourth-order valence-corrected chi connectivity index (χ4v) is 7.09. The SMILES string of the molecule is O=C(O)c1ccc(O[C@@H]2CC[C@@H](NC(=O)[C@]3(F)CNC4(CCCC4)C3)C2)c(-c2cccc(F)c2C2CCC2)c1. The lowest BCUT2D eigenvalue weighted by Crippen LogP contribution is -2.48. The minimum atomic E-state index is -1.89. The summed E-state index contributed by atoms with van der Waals surface area (Å²) in [6.07, 6.45) is 8.69. The van der Waals surface area contributed by atoms with Gasteiger partial charge in [0.1, 0.15) is 17.7 Å². The highest BCUT2D eigenvalue weighted by atomic mass is 19.1. The predicted octanol–water partition coefficient (Wildman–Crippen LogP) is 5.89. The summed E-state index contributed by atoms with van der Waals surface area (Å²) in [4.78, 5) is 24.7. The van der Waals surface area contributed by atoms with Crippen LogP contribution < -0.4 is 15.4 Å². The lowest BCUT2D eigenvalue weighted by molar-refractivity contribution is -0.132. The number of benzene rings is 2. The molecule has 0 aromatic heterocycles. The minimum absolute atomic E-state index is 0.0573. The fraction of sp³-hybridized carbons (Fsp3) is 0.548. The third kappa shape index (κ3) is 5.04. The van der Waals surface area contributed by atoms with Crippen molar-refractivity contribution in [2.45, 2.75) is 99.9 Å². The number of carbonyl (C=O) groups is 2. The third-order valence-corrected chi connectivity index (χ3v) is 9.43. The number of halogens is 2. The van der Waals surface area contributed by atoms with Crippen LogP contribution in [-0.4, -0.2) is 46.9 Å². The van der Waals surface area contributed by atoms with Crippen LogP contribution in [0.4, 0.5) is 8.78 Å². The number of rotatable bonds is 7. The van der Waals surface area contributed by atoms with Gasteiger partial charge in [-0.15, -0.1) is 0 Å². The molecular formula is C31H36F2N2O4. The lowest BCUT2D eigenvalue weighted by Gasteiger charge is -2.29. The number of aromatic carboxylic acids is 1. The Morgan fingerprint density at radius 1 is 1.03 bits per heavy atom. The second kappa shape index (κ2) is 10.2. The van der Waals surface area contributed by atoms with E-state index in [1.54, 1.807) is 18.2 Å². The number of amides is 1. The summed E-state index contributed by atoms with van der Waals surface area (Å²) in [7, 11) is 0. The van der Waals surface area contributed by atoms with Gasteiger partial charge in [-0.25, -0.2) is 13.6 Å². The van der Waals surface area contributed by atoms with E-state index in [0.717, 1.165) is 44.9 Å². The number of ether oxygens (including phenoxy) is 1. The van der Waals surface area contributed by atoms with Crippen LogP contribution >= 0.6 is 0 Å². The first-order valence-electron chi connectivity index (χ1n) is 14.3. The Balaban J connectivity index is 1.18. The first kappa shape index (κ1) is 26.2. The third-order valence-electron chi connectivity index (χ3n) is 9.43. The first-order valence-corrected chi connectivity index (χ1v) is 14.3. The highest BCUT2D eigenvalue weighted by Gasteiger charge is 2.54. The molecule has 4 fully saturated rings. The van der Waals surface area contributed by atoms with Gasteiger partial charge >= 0.3 is 5.97 Å². The second-order valence-electron chi connectivity index (χ2n) is 12.1. The second-order valence-corrected chi connectivity index (χ2v) is 12.1. The van der Waals surface area contributed by atoms with Gasteiger partial charge in [-0.05, 0) is 79.8 Å². The van der Waals surface area contributed by atoms with Crippen molar-refractivity contribution >= 4 is 11.9 Å². The smallest absolute Gasteiger partial charge is 0.335 e. The molecular weight excluding hydrogens is 502 g/mol. The van der Waals surface area contributed by atoms with E-state index in [1.165, 1.54) is 12.1 Å². The van der Waals surface area contributed by atoms with E-state index in [4.69, 9.17) is 4.74 Å². The molecule has 6 nitrogen and oxygen atoms in total. The molecule has 1 aliphatic heterocycles. The summed E-state index contributed by atoms with van der Waals surface area (Å²) in [6, 6.07) is 9.42. The molecule has 1 spiro atoms. The fourth-order valence-electron chi connectivity index (χ4n) is 7.09. The zero-order valence-electron chi connectivity index (χ0n) is 22.1. The van der Waals surface area contributed by atoms with Crippen molar-refractivity contribution in [2.24, 2.45) is 0 Å². The van der Waals surface area contributed by atoms with Gasteiger partial charge in [-0.1, -0.05) is 31.4 Å². The standard InChI is InChI=1S/C31H36F2N2O4/c32-25-8-4-7-23(27(25)19-5-3-6-19)24-15-20(28(36)37)9-12-26(24)39-22-11-10-21(16-22)35-29(38)31(33)17-30(34-18-31)13-1-2-14-30/h4,7-9,12,15,19,21-22,34H,1-3,5-6,10-11,13-14,16-18H2,(H,35,38)(H,36,37)/t21-,22-,31-/m1/s1. The summed E-state index contributed by atoms with van der Waals surface area (Å²) < 4.78 is 37.0. The normalized spacial score (nSPS) is 27.9. The van der Waals surface area contributed by atoms with Crippen molar-refractivity contribution in [3.63, 3.8) is 0 Å². The summed E-state index contributed by atoms with van der Waals surface area (Å²) in [5, 5.41) is 15.9. The maximum Gasteiger partial charge on any atom is 0.335 e. The zero-order chi connectivity index (χ0) is 27.2. The quantitative estimate of drug-likeness (QED) is 0.409. The van der Waals surface area contributed by atoms with Crippen LogP contribution in [0.25, 0.3) is 11.1 Å². The highest BCUT2D eigenvalue weighted by molar-refractivity contribution is 5.91. The molecule has 2 aromatic carbocycles. The van der Waals surface area contributed by atoms with Gasteiger partial charge < -0.3 is 20.5 Å². The average molecular weight is 539 g/mol. The van der Waals surface area contributed by atoms with Crippen LogP contribution in [0.5, 0.6) is 5.75 Å². The lowest BCUT2D eigenvalue weighted by atomic mass is 9.76. The Labute approximate surface area is 227 Å². The van der Waals surface area contributed by atoms with Crippen LogP contribution in [-0.2, 0) is 4.79 Å². The molecule has 3 N–H and O–H groups in total. The van der Waals surface area contributed by atoms with E-state index in [-0.39, 0.29) is 47.9 Å². The molecule has 208 valence electrons. The molecule has 39 heavy (non-hydrogen) atoms. The summed E-state index contributed by atoms with van der Waals surface area (Å²) in [6.45, 7) is 0.0573. The van der Waals surface area contributed by atoms with Crippen molar-refractivity contribution in [3.05, 3.63) is 53.3 Å². The van der Waals surface area contributed by atoms with Gasteiger partial charge in [0.15, 0.2) is 0 Å². The van der Waals surface area contributed by atoms with Gasteiger partial charge in [0.2, 0.25) is 5.67 Å². The molecule has 3 saturated carbocycles. The van der Waals surface area contributed by atoms with Crippen LogP contribution in [0, 0.1) is 5.82 Å². The molecule has 3 atom stereocenters. The Morgan fingerprint density at radius 3 is 2.54 bits per heavy atom. The van der Waals surface area contributed by atoms with Crippen molar-refractivity contribution in [1.82, 2.24) is 10.6 Å². The van der Waals surface area contributed by atoms with Crippen molar-refractivity contribution in [1.29, 1.82) is 0 Å². The molecule has 2 aromatic rings. The molecule has 4 aliphatic rings. The number of nitrogens with one attached hydrogen (secondary N) is 2. The Bertz CT molecular complexity index is 1270. The van der Waals surface area contributed by atoms with Crippen molar-refractivity contribution in [3.8, 4) is 16.9 Å². The van der Waals surface area contributed by atoms with Gasteiger partial charge in [0.05, 0.1) is 5.56 Å². The minimum Gasteiger partial charge on any atom is -0.490 e. The first-order chi connectivity index (χ1) is 18.8. The Hall–Kier alpha value is -3.00. The predicted molar refractivity (Wildman–Crippen MR) is 143 cm³/mol. The van der Waals surface area contributed by atoms with Crippen LogP contribution in [0.3, 0.4) is 0 Å². The summed E-state index contributed by atoms with van der Waals surface area (Å²) in [5.41, 5.74) is -0.179. The number of hydrogen-bond acceptors (Lipinski definition) is 4. The van der Waals surface area contributed by atoms with Gasteiger partial charge in [0, 0.05) is 36.5 Å². The molecule has 3 aliphatic carbocycles. The van der Waals surface area contributed by atoms with Crippen LogP contribution in [0.2, 0.25) is 0 Å². The van der Waals surface area contributed by atoms with E-state index in [0.29, 0.717) is 41.7 Å². The molecule has 0 bridgehead atoms. The average Bonchev–Trinajstić information content (AvgIpc) is 3.61. The van der Waals surface area contributed by atoms with Crippen molar-refractivity contribution in [2.75, 3.05) is 6.54 Å². The number of carboxylic acid groups (broad SMARTS) is 1. The summed E-state index contributed by atoms with van der Waals surface area (Å²) >= 11 is 0. The van der Waals surface area contributed by atoms with Crippen molar-refractivity contribution < 1.29 is 28.2 Å². The molecule has 1 heterocycles. The number of carboxylic acids is 1. The number of alkyl halides is 1. The summed E-state index contributed by atoms with van der Waals surface area (Å²) in [5.74, 6) is -1.29. The van der Waals surface area contributed by atoms with Crippen LogP contribution in [0.1, 0.15) is 92.5 Å².